The molecule has 1 aliphatic carbocycles. The Kier molecular flexibility index (Phi) is 4.64. The zero-order valence-electron chi connectivity index (χ0n) is 13.6. The van der Waals surface area contributed by atoms with Crippen molar-refractivity contribution in [3.05, 3.63) is 47.6 Å². The summed E-state index contributed by atoms with van der Waals surface area (Å²) in [5.74, 6) is -0.223. The first-order chi connectivity index (χ1) is 11.6. The second kappa shape index (κ2) is 6.86. The molecule has 7 heteroatoms. The molecule has 7 nitrogen and oxygen atoms in total. The van der Waals surface area contributed by atoms with Gasteiger partial charge < -0.3 is 15.2 Å². The van der Waals surface area contributed by atoms with Crippen molar-refractivity contribution in [3.8, 4) is 5.75 Å². The molecule has 0 aromatic heterocycles. The summed E-state index contributed by atoms with van der Waals surface area (Å²) in [5.41, 5.74) is 6.37. The highest BCUT2D eigenvalue weighted by Gasteiger charge is 2.26. The zero-order chi connectivity index (χ0) is 17.1. The van der Waals surface area contributed by atoms with Gasteiger partial charge in [-0.1, -0.05) is 24.3 Å². The molecule has 3 N–H and O–H groups in total. The number of carbonyl (C=O) groups excluding carboxylic acids is 1. The Hall–Kier alpha value is -2.64. The molecule has 0 bridgehead atoms. The smallest absolute Gasteiger partial charge is 0.319 e. The van der Waals surface area contributed by atoms with Crippen LogP contribution in [0.3, 0.4) is 0 Å². The molecule has 2 aliphatic rings. The number of ether oxygens (including phenoxy) is 1. The SMILES string of the molecule is COC(=O)CNCc1cc(C)cc(N2N=C3C=CC=CC3N2)c1O. The molecule has 126 valence electrons. The first-order valence-electron chi connectivity index (χ1n) is 7.68. The van der Waals surface area contributed by atoms with Crippen LogP contribution < -0.4 is 15.9 Å². The Morgan fingerprint density at radius 1 is 1.46 bits per heavy atom. The number of hydrogen-bond acceptors (Lipinski definition) is 7. The van der Waals surface area contributed by atoms with Gasteiger partial charge in [0.2, 0.25) is 0 Å². The van der Waals surface area contributed by atoms with Crippen molar-refractivity contribution in [1.29, 1.82) is 0 Å². The summed E-state index contributed by atoms with van der Waals surface area (Å²) in [4.78, 5) is 11.2. The Labute approximate surface area is 140 Å². The highest BCUT2D eigenvalue weighted by atomic mass is 16.5. The first-order valence-corrected chi connectivity index (χ1v) is 7.68. The molecular formula is C17H20N4O3. The van der Waals surface area contributed by atoms with Crippen LogP contribution in [0.5, 0.6) is 5.75 Å². The number of esters is 1. The predicted molar refractivity (Wildman–Crippen MR) is 91.7 cm³/mol. The summed E-state index contributed by atoms with van der Waals surface area (Å²) in [5, 5.41) is 19.6. The third-order valence-corrected chi connectivity index (χ3v) is 3.83. The second-order valence-corrected chi connectivity index (χ2v) is 5.66. The largest absolute Gasteiger partial charge is 0.505 e. The third kappa shape index (κ3) is 3.32. The van der Waals surface area contributed by atoms with E-state index < -0.39 is 0 Å². The average Bonchev–Trinajstić information content (AvgIpc) is 3.01. The van der Waals surface area contributed by atoms with Gasteiger partial charge in [-0.3, -0.25) is 4.79 Å². The monoisotopic (exact) mass is 328 g/mol. The van der Waals surface area contributed by atoms with E-state index in [1.807, 2.05) is 43.4 Å². The fourth-order valence-electron chi connectivity index (χ4n) is 2.64. The molecule has 1 aliphatic heterocycles. The van der Waals surface area contributed by atoms with Gasteiger partial charge in [-0.25, -0.2) is 0 Å². The fraction of sp³-hybridized carbons (Fsp3) is 0.294. The third-order valence-electron chi connectivity index (χ3n) is 3.83. The number of nitrogens with zero attached hydrogens (tertiary/aromatic N) is 2. The quantitative estimate of drug-likeness (QED) is 0.703. The summed E-state index contributed by atoms with van der Waals surface area (Å²) in [7, 11) is 1.34. The lowest BCUT2D eigenvalue weighted by Crippen LogP contribution is -2.37. The Bertz CT molecular complexity index is 740. The van der Waals surface area contributed by atoms with Gasteiger partial charge in [0.15, 0.2) is 0 Å². The van der Waals surface area contributed by atoms with Gasteiger partial charge in [-0.2, -0.15) is 15.6 Å². The van der Waals surface area contributed by atoms with Crippen molar-refractivity contribution in [2.24, 2.45) is 5.10 Å². The molecule has 0 fully saturated rings. The number of hydrogen-bond donors (Lipinski definition) is 3. The highest BCUT2D eigenvalue weighted by Crippen LogP contribution is 2.33. The summed E-state index contributed by atoms with van der Waals surface area (Å²) in [6, 6.07) is 3.75. The van der Waals surface area contributed by atoms with E-state index in [9.17, 15) is 9.90 Å². The minimum absolute atomic E-state index is 0.0100. The minimum Gasteiger partial charge on any atom is -0.505 e. The molecule has 1 unspecified atom stereocenters. The van der Waals surface area contributed by atoms with Crippen molar-refractivity contribution in [1.82, 2.24) is 10.7 Å². The van der Waals surface area contributed by atoms with Gasteiger partial charge in [0, 0.05) is 12.1 Å². The number of phenolic OH excluding ortho intramolecular Hbond substituents is 1. The number of aryl methyl sites for hydroxylation is 1. The summed E-state index contributed by atoms with van der Waals surface area (Å²) < 4.78 is 4.59. The molecule has 0 saturated carbocycles. The van der Waals surface area contributed by atoms with Crippen molar-refractivity contribution in [2.45, 2.75) is 19.5 Å². The van der Waals surface area contributed by atoms with Crippen LogP contribution in [0, 0.1) is 6.92 Å². The normalized spacial score (nSPS) is 18.5. The summed E-state index contributed by atoms with van der Waals surface area (Å²) in [6.45, 7) is 2.38. The summed E-state index contributed by atoms with van der Waals surface area (Å²) in [6.07, 6.45) is 7.82. The van der Waals surface area contributed by atoms with Crippen molar-refractivity contribution < 1.29 is 14.6 Å². The molecule has 1 aromatic rings. The van der Waals surface area contributed by atoms with Crippen molar-refractivity contribution >= 4 is 17.4 Å². The lowest BCUT2D eigenvalue weighted by molar-refractivity contribution is -0.139. The molecule has 0 radical (unpaired) electrons. The van der Waals surface area contributed by atoms with Crippen LogP contribution in [0.4, 0.5) is 5.69 Å². The second-order valence-electron chi connectivity index (χ2n) is 5.66. The summed E-state index contributed by atoms with van der Waals surface area (Å²) >= 11 is 0. The molecule has 1 heterocycles. The predicted octanol–water partition coefficient (Wildman–Crippen LogP) is 1.14. The number of allylic oxidation sites excluding steroid dienone is 2. The van der Waals surface area contributed by atoms with E-state index in [0.717, 1.165) is 11.3 Å². The Balaban J connectivity index is 1.79. The number of anilines is 1. The maximum Gasteiger partial charge on any atom is 0.319 e. The van der Waals surface area contributed by atoms with Crippen LogP contribution in [0.1, 0.15) is 11.1 Å². The van der Waals surface area contributed by atoms with Crippen LogP contribution in [0.25, 0.3) is 0 Å². The fourth-order valence-corrected chi connectivity index (χ4v) is 2.64. The number of methoxy groups -OCH3 is 1. The topological polar surface area (TPSA) is 86.2 Å². The molecule has 24 heavy (non-hydrogen) atoms. The standard InChI is InChI=1S/C17H20N4O3/c1-11-7-12(9-18-10-16(22)24-2)17(23)15(8-11)21-19-13-5-3-4-6-14(13)20-21/h3-8,13,18-19,23H,9-10H2,1-2H3. The highest BCUT2D eigenvalue weighted by molar-refractivity contribution is 6.03. The maximum absolute atomic E-state index is 11.2. The maximum atomic E-state index is 11.2. The lowest BCUT2D eigenvalue weighted by Gasteiger charge is -2.20. The van der Waals surface area contributed by atoms with Gasteiger partial charge in [-0.05, 0) is 24.6 Å². The van der Waals surface area contributed by atoms with E-state index in [4.69, 9.17) is 0 Å². The number of phenols is 1. The van der Waals surface area contributed by atoms with Crippen LogP contribution in [-0.2, 0) is 16.1 Å². The molecule has 1 atom stereocenters. The van der Waals surface area contributed by atoms with Crippen molar-refractivity contribution in [2.75, 3.05) is 18.8 Å². The van der Waals surface area contributed by atoms with E-state index in [0.29, 0.717) is 17.8 Å². The van der Waals surface area contributed by atoms with Crippen molar-refractivity contribution in [3.63, 3.8) is 0 Å². The number of rotatable bonds is 5. The van der Waals surface area contributed by atoms with Gasteiger partial charge in [0.25, 0.3) is 0 Å². The number of hydrazone groups is 1. The molecule has 3 rings (SSSR count). The average molecular weight is 328 g/mol. The molecule has 0 amide bonds. The van der Waals surface area contributed by atoms with Gasteiger partial charge in [0.05, 0.1) is 25.4 Å². The number of fused-ring (bicyclic) bond motifs is 1. The van der Waals surface area contributed by atoms with Crippen LogP contribution in [0.15, 0.2) is 41.5 Å². The number of carbonyl (C=O) groups is 1. The molecule has 0 saturated heterocycles. The number of hydrazine groups is 1. The van der Waals surface area contributed by atoms with E-state index in [1.165, 1.54) is 7.11 Å². The number of nitrogens with one attached hydrogen (secondary N) is 2. The number of aromatic hydroxyl groups is 1. The van der Waals surface area contributed by atoms with Crippen LogP contribution >= 0.6 is 0 Å². The molecule has 0 spiro atoms. The van der Waals surface area contributed by atoms with Crippen LogP contribution in [0.2, 0.25) is 0 Å². The van der Waals surface area contributed by atoms with Gasteiger partial charge in [0.1, 0.15) is 11.4 Å². The Morgan fingerprint density at radius 3 is 3.04 bits per heavy atom. The van der Waals surface area contributed by atoms with Gasteiger partial charge >= 0.3 is 5.97 Å². The minimum atomic E-state index is -0.349. The van der Waals surface area contributed by atoms with Gasteiger partial charge in [-0.15, -0.1) is 0 Å². The van der Waals surface area contributed by atoms with E-state index in [-0.39, 0.29) is 24.3 Å². The lowest BCUT2D eigenvalue weighted by atomic mass is 10.1. The van der Waals surface area contributed by atoms with E-state index in [2.05, 4.69) is 20.6 Å². The van der Waals surface area contributed by atoms with Crippen LogP contribution in [-0.4, -0.2) is 36.5 Å². The molecule has 1 aromatic carbocycles. The first kappa shape index (κ1) is 16.2. The molecular weight excluding hydrogens is 308 g/mol. The van der Waals surface area contributed by atoms with E-state index in [1.54, 1.807) is 5.12 Å². The Morgan fingerprint density at radius 2 is 2.29 bits per heavy atom. The van der Waals surface area contributed by atoms with E-state index >= 15 is 0 Å². The number of benzene rings is 1. The zero-order valence-corrected chi connectivity index (χ0v) is 13.6.